The summed E-state index contributed by atoms with van der Waals surface area (Å²) in [5.41, 5.74) is 1.45. The Kier molecular flexibility index (Phi) is 6.39. The van der Waals surface area contributed by atoms with Gasteiger partial charge in [0.25, 0.3) is 5.56 Å². The Morgan fingerprint density at radius 2 is 1.61 bits per heavy atom. The molecule has 0 radical (unpaired) electrons. The second-order valence-corrected chi connectivity index (χ2v) is 6.80. The Hall–Kier alpha value is -3.67. The van der Waals surface area contributed by atoms with Crippen molar-refractivity contribution in [2.75, 3.05) is 12.0 Å². The molecule has 1 aromatic heterocycles. The van der Waals surface area contributed by atoms with Crippen molar-refractivity contribution in [3.8, 4) is 0 Å². The summed E-state index contributed by atoms with van der Waals surface area (Å²) in [6.45, 7) is 3.15. The molecule has 3 rings (SSSR count). The predicted molar refractivity (Wildman–Crippen MR) is 105 cm³/mol. The van der Waals surface area contributed by atoms with Crippen LogP contribution in [0.25, 0.3) is 10.9 Å². The highest BCUT2D eigenvalue weighted by atomic mass is 16.6. The number of aromatic amines is 1. The second-order valence-electron chi connectivity index (χ2n) is 6.80. The molecular weight excluding hydrogens is 414 g/mol. The standard InChI is InChI=1S/C19H21N3O9/c1-9(23)29-14-8-28-17(16(31-11(3)25)15(14)30-10(2)24)21-22-18(26)12-6-4-5-7-13(12)20-19(22)27/h4-7,14-17,21H,8H2,1-3H3,(H,20,27). The molecule has 1 aromatic carbocycles. The number of rotatable bonds is 5. The average Bonchev–Trinajstić information content (AvgIpc) is 2.68. The lowest BCUT2D eigenvalue weighted by molar-refractivity contribution is -0.223. The summed E-state index contributed by atoms with van der Waals surface area (Å²) >= 11 is 0. The smallest absolute Gasteiger partial charge is 0.347 e. The van der Waals surface area contributed by atoms with Crippen molar-refractivity contribution in [3.05, 3.63) is 45.1 Å². The number of benzene rings is 1. The van der Waals surface area contributed by atoms with Crippen LogP contribution in [-0.4, -0.2) is 58.7 Å². The molecule has 2 aromatic rings. The molecule has 1 saturated heterocycles. The lowest BCUT2D eigenvalue weighted by Gasteiger charge is -2.40. The predicted octanol–water partition coefficient (Wildman–Crippen LogP) is -0.615. The van der Waals surface area contributed by atoms with Crippen molar-refractivity contribution in [1.29, 1.82) is 0 Å². The summed E-state index contributed by atoms with van der Waals surface area (Å²) in [7, 11) is 0. The number of ether oxygens (including phenoxy) is 4. The molecule has 0 aliphatic carbocycles. The minimum atomic E-state index is -1.34. The molecule has 1 aliphatic heterocycles. The molecule has 4 atom stereocenters. The van der Waals surface area contributed by atoms with E-state index < -0.39 is 53.7 Å². The van der Waals surface area contributed by atoms with Gasteiger partial charge in [-0.05, 0) is 12.1 Å². The van der Waals surface area contributed by atoms with E-state index in [1.807, 2.05) is 0 Å². The fraction of sp³-hybridized carbons (Fsp3) is 0.421. The van der Waals surface area contributed by atoms with E-state index in [0.29, 0.717) is 10.2 Å². The number of hydrogen-bond donors (Lipinski definition) is 2. The minimum Gasteiger partial charge on any atom is -0.456 e. The number of aromatic nitrogens is 2. The molecule has 0 saturated carbocycles. The van der Waals surface area contributed by atoms with Gasteiger partial charge < -0.3 is 23.9 Å². The number of nitrogens with one attached hydrogen (secondary N) is 2. The summed E-state index contributed by atoms with van der Waals surface area (Å²) in [4.78, 5) is 62.5. The second kappa shape index (κ2) is 9.00. The monoisotopic (exact) mass is 435 g/mol. The van der Waals surface area contributed by atoms with Gasteiger partial charge >= 0.3 is 23.6 Å². The van der Waals surface area contributed by atoms with Crippen LogP contribution in [-0.2, 0) is 33.3 Å². The van der Waals surface area contributed by atoms with Crippen LogP contribution < -0.4 is 16.7 Å². The van der Waals surface area contributed by atoms with Gasteiger partial charge in [0.2, 0.25) is 0 Å². The van der Waals surface area contributed by atoms with Crippen molar-refractivity contribution >= 4 is 28.8 Å². The topological polar surface area (TPSA) is 155 Å². The van der Waals surface area contributed by atoms with E-state index >= 15 is 0 Å². The van der Waals surface area contributed by atoms with E-state index in [0.717, 1.165) is 20.8 Å². The zero-order valence-electron chi connectivity index (χ0n) is 16.9. The Morgan fingerprint density at radius 3 is 2.26 bits per heavy atom. The van der Waals surface area contributed by atoms with Crippen LogP contribution in [0.5, 0.6) is 0 Å². The van der Waals surface area contributed by atoms with Gasteiger partial charge in [0.1, 0.15) is 0 Å². The number of para-hydroxylation sites is 1. The first kappa shape index (κ1) is 22.0. The molecule has 1 aliphatic rings. The molecule has 4 unspecified atom stereocenters. The third kappa shape index (κ3) is 4.91. The van der Waals surface area contributed by atoms with Crippen molar-refractivity contribution in [2.24, 2.45) is 0 Å². The van der Waals surface area contributed by atoms with Crippen LogP contribution in [0.1, 0.15) is 20.8 Å². The highest BCUT2D eigenvalue weighted by molar-refractivity contribution is 5.77. The van der Waals surface area contributed by atoms with Crippen molar-refractivity contribution in [2.45, 2.75) is 45.3 Å². The maximum Gasteiger partial charge on any atom is 0.347 e. The third-order valence-corrected chi connectivity index (χ3v) is 4.41. The average molecular weight is 435 g/mol. The SMILES string of the molecule is CC(=O)OC1COC(Nn2c(=O)[nH]c3ccccc3c2=O)C(OC(C)=O)C1OC(C)=O. The van der Waals surface area contributed by atoms with Gasteiger partial charge in [-0.1, -0.05) is 12.1 Å². The van der Waals surface area contributed by atoms with Gasteiger partial charge in [-0.25, -0.2) is 4.79 Å². The Morgan fingerprint density at radius 1 is 1.00 bits per heavy atom. The number of hydrogen-bond acceptors (Lipinski definition) is 10. The maximum atomic E-state index is 12.8. The molecule has 0 bridgehead atoms. The number of fused-ring (bicyclic) bond motifs is 1. The normalized spacial score (nSPS) is 23.1. The van der Waals surface area contributed by atoms with Gasteiger partial charge in [0.05, 0.1) is 17.5 Å². The quantitative estimate of drug-likeness (QED) is 0.459. The first-order valence-corrected chi connectivity index (χ1v) is 9.31. The van der Waals surface area contributed by atoms with Gasteiger partial charge in [0, 0.05) is 20.8 Å². The highest BCUT2D eigenvalue weighted by Crippen LogP contribution is 2.23. The fourth-order valence-corrected chi connectivity index (χ4v) is 3.26. The van der Waals surface area contributed by atoms with Crippen molar-refractivity contribution in [1.82, 2.24) is 9.66 Å². The highest BCUT2D eigenvalue weighted by Gasteiger charge is 2.47. The van der Waals surface area contributed by atoms with E-state index in [1.165, 1.54) is 6.07 Å². The molecule has 0 amide bonds. The van der Waals surface area contributed by atoms with Gasteiger partial charge in [0.15, 0.2) is 24.5 Å². The lowest BCUT2D eigenvalue weighted by atomic mass is 10.0. The van der Waals surface area contributed by atoms with Gasteiger partial charge in [-0.3, -0.25) is 24.6 Å². The van der Waals surface area contributed by atoms with Crippen LogP contribution in [0.2, 0.25) is 0 Å². The Bertz CT molecular complexity index is 1120. The molecule has 166 valence electrons. The van der Waals surface area contributed by atoms with E-state index in [-0.39, 0.29) is 12.0 Å². The first-order chi connectivity index (χ1) is 14.7. The number of carbonyl (C=O) groups is 3. The van der Waals surface area contributed by atoms with Crippen LogP contribution in [0, 0.1) is 0 Å². The van der Waals surface area contributed by atoms with E-state index in [1.54, 1.807) is 18.2 Å². The summed E-state index contributed by atoms with van der Waals surface area (Å²) in [5.74, 6) is -2.14. The van der Waals surface area contributed by atoms with E-state index in [4.69, 9.17) is 18.9 Å². The minimum absolute atomic E-state index is 0.226. The summed E-state index contributed by atoms with van der Waals surface area (Å²) in [5, 5.41) is 0.226. The van der Waals surface area contributed by atoms with E-state index in [9.17, 15) is 24.0 Å². The number of carbonyl (C=O) groups excluding carboxylic acids is 3. The molecule has 1 fully saturated rings. The zero-order valence-corrected chi connectivity index (χ0v) is 16.9. The van der Waals surface area contributed by atoms with Crippen LogP contribution in [0.4, 0.5) is 0 Å². The summed E-state index contributed by atoms with van der Waals surface area (Å²) in [6, 6.07) is 6.39. The van der Waals surface area contributed by atoms with E-state index in [2.05, 4.69) is 10.4 Å². The van der Waals surface area contributed by atoms with Crippen LogP contribution >= 0.6 is 0 Å². The molecular formula is C19H21N3O9. The summed E-state index contributed by atoms with van der Waals surface area (Å²) < 4.78 is 21.8. The Balaban J connectivity index is 1.99. The zero-order chi connectivity index (χ0) is 22.7. The third-order valence-electron chi connectivity index (χ3n) is 4.41. The number of H-pyrrole nitrogens is 1. The molecule has 12 heteroatoms. The fourth-order valence-electron chi connectivity index (χ4n) is 3.26. The van der Waals surface area contributed by atoms with Crippen molar-refractivity contribution in [3.63, 3.8) is 0 Å². The molecule has 2 N–H and O–H groups in total. The molecule has 12 nitrogen and oxygen atoms in total. The largest absolute Gasteiger partial charge is 0.456 e. The first-order valence-electron chi connectivity index (χ1n) is 9.31. The molecule has 0 spiro atoms. The van der Waals surface area contributed by atoms with Crippen LogP contribution in [0.3, 0.4) is 0 Å². The summed E-state index contributed by atoms with van der Waals surface area (Å²) in [6.07, 6.45) is -4.93. The molecule has 2 heterocycles. The number of nitrogens with zero attached hydrogens (tertiary/aromatic N) is 1. The number of esters is 3. The lowest BCUT2D eigenvalue weighted by Crippen LogP contribution is -2.62. The van der Waals surface area contributed by atoms with Crippen LogP contribution in [0.15, 0.2) is 33.9 Å². The van der Waals surface area contributed by atoms with Crippen molar-refractivity contribution < 1.29 is 33.3 Å². The van der Waals surface area contributed by atoms with Gasteiger partial charge in [-0.2, -0.15) is 4.68 Å². The maximum absolute atomic E-state index is 12.8. The molecule has 31 heavy (non-hydrogen) atoms. The Labute approximate surface area is 175 Å². The van der Waals surface area contributed by atoms with Gasteiger partial charge in [-0.15, -0.1) is 0 Å².